The summed E-state index contributed by atoms with van der Waals surface area (Å²) in [5, 5.41) is 11.4. The molecule has 0 aromatic rings. The minimum atomic E-state index is -0.761. The molecule has 0 saturated heterocycles. The zero-order valence-electron chi connectivity index (χ0n) is 11.6. The number of carbonyl (C=O) groups is 2. The number of aliphatic carboxylic acids is 1. The highest BCUT2D eigenvalue weighted by Gasteiger charge is 2.09. The standard InChI is InChI=1S/C13H25NO4/c1-4-11(5-6-13(16)17)7-8-14-12(15)9-18-10(2)3/h10-11H,4-9H2,1-3H3,(H,14,15)(H,16,17). The fraction of sp³-hybridized carbons (Fsp3) is 0.846. The van der Waals surface area contributed by atoms with E-state index in [1.807, 2.05) is 20.8 Å². The number of nitrogens with one attached hydrogen (secondary N) is 1. The first-order valence-corrected chi connectivity index (χ1v) is 6.55. The summed E-state index contributed by atoms with van der Waals surface area (Å²) >= 11 is 0. The molecule has 106 valence electrons. The fourth-order valence-electron chi connectivity index (χ4n) is 1.59. The van der Waals surface area contributed by atoms with Crippen molar-refractivity contribution in [1.82, 2.24) is 5.32 Å². The second-order valence-corrected chi connectivity index (χ2v) is 4.71. The Balaban J connectivity index is 3.66. The van der Waals surface area contributed by atoms with Gasteiger partial charge in [0.25, 0.3) is 0 Å². The van der Waals surface area contributed by atoms with Crippen LogP contribution in [-0.2, 0) is 14.3 Å². The van der Waals surface area contributed by atoms with Gasteiger partial charge >= 0.3 is 5.97 Å². The summed E-state index contributed by atoms with van der Waals surface area (Å²) in [7, 11) is 0. The molecule has 1 atom stereocenters. The number of hydrogen-bond donors (Lipinski definition) is 2. The Morgan fingerprint density at radius 3 is 2.44 bits per heavy atom. The molecule has 0 fully saturated rings. The van der Waals surface area contributed by atoms with Crippen LogP contribution in [0.15, 0.2) is 0 Å². The van der Waals surface area contributed by atoms with Crippen molar-refractivity contribution in [3.8, 4) is 0 Å². The molecule has 0 aliphatic rings. The van der Waals surface area contributed by atoms with Crippen LogP contribution >= 0.6 is 0 Å². The topological polar surface area (TPSA) is 75.6 Å². The normalized spacial score (nSPS) is 12.4. The van der Waals surface area contributed by atoms with Gasteiger partial charge in [0.15, 0.2) is 0 Å². The molecule has 0 radical (unpaired) electrons. The first kappa shape index (κ1) is 16.9. The van der Waals surface area contributed by atoms with Gasteiger partial charge in [-0.2, -0.15) is 0 Å². The first-order valence-electron chi connectivity index (χ1n) is 6.55. The molecule has 0 aliphatic carbocycles. The van der Waals surface area contributed by atoms with Gasteiger partial charge in [-0.25, -0.2) is 0 Å². The van der Waals surface area contributed by atoms with Crippen molar-refractivity contribution in [1.29, 1.82) is 0 Å². The summed E-state index contributed by atoms with van der Waals surface area (Å²) in [5.41, 5.74) is 0. The number of carbonyl (C=O) groups excluding carboxylic acids is 1. The Morgan fingerprint density at radius 2 is 1.94 bits per heavy atom. The Bertz CT molecular complexity index is 253. The van der Waals surface area contributed by atoms with Gasteiger partial charge in [0.2, 0.25) is 5.91 Å². The molecule has 2 N–H and O–H groups in total. The lowest BCUT2D eigenvalue weighted by atomic mass is 9.97. The lowest BCUT2D eigenvalue weighted by Crippen LogP contribution is -2.30. The lowest BCUT2D eigenvalue weighted by molar-refractivity contribution is -0.137. The molecule has 1 unspecified atom stereocenters. The fourth-order valence-corrected chi connectivity index (χ4v) is 1.59. The zero-order chi connectivity index (χ0) is 14.0. The van der Waals surface area contributed by atoms with E-state index < -0.39 is 5.97 Å². The van der Waals surface area contributed by atoms with E-state index in [9.17, 15) is 9.59 Å². The van der Waals surface area contributed by atoms with E-state index >= 15 is 0 Å². The van der Waals surface area contributed by atoms with E-state index in [0.717, 1.165) is 12.8 Å². The zero-order valence-corrected chi connectivity index (χ0v) is 11.6. The van der Waals surface area contributed by atoms with Crippen LogP contribution in [0.5, 0.6) is 0 Å². The second kappa shape index (κ2) is 9.88. The third-order valence-corrected chi connectivity index (χ3v) is 2.77. The van der Waals surface area contributed by atoms with Crippen LogP contribution in [0.25, 0.3) is 0 Å². The molecule has 0 aliphatic heterocycles. The average Bonchev–Trinajstić information content (AvgIpc) is 2.30. The van der Waals surface area contributed by atoms with Crippen molar-refractivity contribution in [3.63, 3.8) is 0 Å². The van der Waals surface area contributed by atoms with Gasteiger partial charge in [-0.1, -0.05) is 13.3 Å². The molecule has 0 bridgehead atoms. The van der Waals surface area contributed by atoms with Crippen molar-refractivity contribution in [2.75, 3.05) is 13.2 Å². The van der Waals surface area contributed by atoms with Crippen molar-refractivity contribution in [2.24, 2.45) is 5.92 Å². The van der Waals surface area contributed by atoms with Crippen LogP contribution in [0.4, 0.5) is 0 Å². The van der Waals surface area contributed by atoms with Gasteiger partial charge < -0.3 is 15.2 Å². The smallest absolute Gasteiger partial charge is 0.303 e. The van der Waals surface area contributed by atoms with Gasteiger partial charge in [-0.15, -0.1) is 0 Å². The van der Waals surface area contributed by atoms with E-state index in [1.165, 1.54) is 0 Å². The lowest BCUT2D eigenvalue weighted by Gasteiger charge is -2.14. The van der Waals surface area contributed by atoms with Crippen LogP contribution in [0, 0.1) is 5.92 Å². The third-order valence-electron chi connectivity index (χ3n) is 2.77. The maximum absolute atomic E-state index is 11.4. The minimum absolute atomic E-state index is 0.0507. The molecular formula is C13H25NO4. The molecule has 1 amide bonds. The maximum atomic E-state index is 11.4. The number of ether oxygens (including phenoxy) is 1. The molecule has 5 heteroatoms. The summed E-state index contributed by atoms with van der Waals surface area (Å²) in [6.45, 7) is 6.47. The van der Waals surface area contributed by atoms with Crippen LogP contribution in [0.1, 0.15) is 46.5 Å². The molecule has 0 spiro atoms. The summed E-state index contributed by atoms with van der Waals surface area (Å²) in [6.07, 6.45) is 2.67. The van der Waals surface area contributed by atoms with Crippen molar-refractivity contribution >= 4 is 11.9 Å². The van der Waals surface area contributed by atoms with Crippen LogP contribution in [-0.4, -0.2) is 36.2 Å². The van der Waals surface area contributed by atoms with Crippen LogP contribution < -0.4 is 5.32 Å². The molecule has 0 saturated carbocycles. The van der Waals surface area contributed by atoms with Gasteiger partial charge in [0, 0.05) is 13.0 Å². The van der Waals surface area contributed by atoms with Gasteiger partial charge in [-0.3, -0.25) is 9.59 Å². The van der Waals surface area contributed by atoms with Crippen molar-refractivity contribution in [3.05, 3.63) is 0 Å². The highest BCUT2D eigenvalue weighted by atomic mass is 16.5. The van der Waals surface area contributed by atoms with E-state index in [1.54, 1.807) is 0 Å². The highest BCUT2D eigenvalue weighted by molar-refractivity contribution is 5.77. The van der Waals surface area contributed by atoms with Gasteiger partial charge in [-0.05, 0) is 32.6 Å². The number of rotatable bonds is 10. The summed E-state index contributed by atoms with van der Waals surface area (Å²) in [5.74, 6) is -0.521. The number of hydrogen-bond acceptors (Lipinski definition) is 3. The monoisotopic (exact) mass is 259 g/mol. The Hall–Kier alpha value is -1.10. The molecule has 0 rings (SSSR count). The average molecular weight is 259 g/mol. The summed E-state index contributed by atoms with van der Waals surface area (Å²) in [4.78, 5) is 21.8. The molecule has 0 heterocycles. The predicted molar refractivity (Wildman–Crippen MR) is 69.4 cm³/mol. The van der Waals surface area contributed by atoms with Gasteiger partial charge in [0.1, 0.15) is 6.61 Å². The molecular weight excluding hydrogens is 234 g/mol. The third kappa shape index (κ3) is 10.1. The van der Waals surface area contributed by atoms with Crippen LogP contribution in [0.2, 0.25) is 0 Å². The molecule has 0 aromatic carbocycles. The summed E-state index contributed by atoms with van der Waals surface area (Å²) < 4.78 is 5.18. The minimum Gasteiger partial charge on any atom is -0.481 e. The van der Waals surface area contributed by atoms with Crippen molar-refractivity contribution in [2.45, 2.75) is 52.6 Å². The molecule has 5 nitrogen and oxygen atoms in total. The Kier molecular flexibility index (Phi) is 9.28. The Labute approximate surface area is 109 Å². The number of amides is 1. The maximum Gasteiger partial charge on any atom is 0.303 e. The Morgan fingerprint density at radius 1 is 1.28 bits per heavy atom. The van der Waals surface area contributed by atoms with E-state index in [4.69, 9.17) is 9.84 Å². The largest absolute Gasteiger partial charge is 0.481 e. The number of carboxylic acids is 1. The first-order chi connectivity index (χ1) is 8.45. The van der Waals surface area contributed by atoms with E-state index in [-0.39, 0.29) is 25.0 Å². The second-order valence-electron chi connectivity index (χ2n) is 4.71. The van der Waals surface area contributed by atoms with Crippen LogP contribution in [0.3, 0.4) is 0 Å². The van der Waals surface area contributed by atoms with E-state index in [2.05, 4.69) is 5.32 Å². The SMILES string of the molecule is CCC(CCNC(=O)COC(C)C)CCC(=O)O. The van der Waals surface area contributed by atoms with E-state index in [0.29, 0.717) is 18.9 Å². The molecule has 0 aromatic heterocycles. The number of carboxylic acid groups (broad SMARTS) is 1. The molecule has 18 heavy (non-hydrogen) atoms. The predicted octanol–water partition coefficient (Wildman–Crippen LogP) is 1.81. The van der Waals surface area contributed by atoms with Crippen molar-refractivity contribution < 1.29 is 19.4 Å². The quantitative estimate of drug-likeness (QED) is 0.627. The highest BCUT2D eigenvalue weighted by Crippen LogP contribution is 2.14. The van der Waals surface area contributed by atoms with Gasteiger partial charge in [0.05, 0.1) is 6.10 Å². The summed E-state index contributed by atoms with van der Waals surface area (Å²) in [6, 6.07) is 0.